The molecule has 1 unspecified atom stereocenters. The number of aromatic nitrogens is 4. The molecule has 1 saturated heterocycles. The van der Waals surface area contributed by atoms with Crippen molar-refractivity contribution in [3.63, 3.8) is 0 Å². The maximum atomic E-state index is 10.3. The van der Waals surface area contributed by atoms with Crippen LogP contribution in [0.15, 0.2) is 18.5 Å². The van der Waals surface area contributed by atoms with Crippen LogP contribution in [0.5, 0.6) is 0 Å². The molecule has 0 aliphatic carbocycles. The van der Waals surface area contributed by atoms with E-state index in [1.54, 1.807) is 10.8 Å². The molecule has 132 valence electrons. The summed E-state index contributed by atoms with van der Waals surface area (Å²) in [6.07, 6.45) is 1.31. The summed E-state index contributed by atoms with van der Waals surface area (Å²) in [5.41, 5.74) is 0.759. The van der Waals surface area contributed by atoms with Gasteiger partial charge in [0.2, 0.25) is 0 Å². The van der Waals surface area contributed by atoms with Gasteiger partial charge in [-0.25, -0.2) is 0 Å². The molecular weight excluding hydrogens is 306 g/mol. The van der Waals surface area contributed by atoms with Crippen LogP contribution < -0.4 is 4.90 Å². The van der Waals surface area contributed by atoms with Crippen LogP contribution in [0.3, 0.4) is 0 Å². The van der Waals surface area contributed by atoms with E-state index < -0.39 is 0 Å². The number of hydrogen-bond acceptors (Lipinski definition) is 7. The summed E-state index contributed by atoms with van der Waals surface area (Å²) in [5.74, 6) is 0.946. The number of aliphatic hydroxyl groups excluding tert-OH is 1. The third-order valence-corrected chi connectivity index (χ3v) is 4.69. The second-order valence-electron chi connectivity index (χ2n) is 6.80. The summed E-state index contributed by atoms with van der Waals surface area (Å²) in [6, 6.07) is 4.38. The number of rotatable bonds is 6. The minimum absolute atomic E-state index is 0.310. The number of likely N-dealkylation sites (N-methyl/N-ethyl adjacent to an activating group) is 1. The van der Waals surface area contributed by atoms with Gasteiger partial charge in [0.05, 0.1) is 6.10 Å². The van der Waals surface area contributed by atoms with Crippen molar-refractivity contribution in [2.75, 3.05) is 51.2 Å². The van der Waals surface area contributed by atoms with Crippen LogP contribution in [0, 0.1) is 0 Å². The molecule has 24 heavy (non-hydrogen) atoms. The summed E-state index contributed by atoms with van der Waals surface area (Å²) < 4.78 is 1.70. The zero-order valence-electron chi connectivity index (χ0n) is 14.7. The van der Waals surface area contributed by atoms with E-state index in [1.165, 1.54) is 0 Å². The van der Waals surface area contributed by atoms with Crippen LogP contribution in [-0.4, -0.2) is 93.2 Å². The van der Waals surface area contributed by atoms with E-state index in [1.807, 2.05) is 12.1 Å². The molecule has 1 fully saturated rings. The molecule has 0 bridgehead atoms. The number of β-amino-alcohol motifs (C(OH)–C–C–N with tert-alkyl or cyclic N) is 1. The second kappa shape index (κ2) is 7.42. The molecule has 0 saturated carbocycles. The lowest BCUT2D eigenvalue weighted by Gasteiger charge is -2.36. The zero-order chi connectivity index (χ0) is 17.1. The highest BCUT2D eigenvalue weighted by atomic mass is 16.3. The quantitative estimate of drug-likeness (QED) is 0.794. The normalized spacial score (nSPS) is 18.0. The second-order valence-corrected chi connectivity index (χ2v) is 6.80. The summed E-state index contributed by atoms with van der Waals surface area (Å²) in [6.45, 7) is 9.41. The molecule has 8 heteroatoms. The number of nitrogens with zero attached hydrogens (tertiary/aromatic N) is 7. The van der Waals surface area contributed by atoms with Gasteiger partial charge in [0.1, 0.15) is 12.1 Å². The lowest BCUT2D eigenvalue weighted by atomic mass is 10.2. The van der Waals surface area contributed by atoms with Gasteiger partial charge < -0.3 is 14.9 Å². The molecule has 3 heterocycles. The van der Waals surface area contributed by atoms with Gasteiger partial charge in [-0.05, 0) is 33.0 Å². The largest absolute Gasteiger partial charge is 0.390 e. The lowest BCUT2D eigenvalue weighted by molar-refractivity contribution is 0.0711. The fourth-order valence-electron chi connectivity index (χ4n) is 2.95. The molecule has 1 aliphatic heterocycles. The molecule has 1 N–H and O–H groups in total. The van der Waals surface area contributed by atoms with E-state index >= 15 is 0 Å². The topological polar surface area (TPSA) is 73.0 Å². The summed E-state index contributed by atoms with van der Waals surface area (Å²) >= 11 is 0. The summed E-state index contributed by atoms with van der Waals surface area (Å²) in [5, 5.41) is 22.7. The van der Waals surface area contributed by atoms with Gasteiger partial charge in [0.15, 0.2) is 5.65 Å². The summed E-state index contributed by atoms with van der Waals surface area (Å²) in [4.78, 5) is 6.77. The molecule has 0 amide bonds. The van der Waals surface area contributed by atoms with E-state index in [4.69, 9.17) is 0 Å². The highest BCUT2D eigenvalue weighted by Crippen LogP contribution is 2.14. The summed E-state index contributed by atoms with van der Waals surface area (Å²) in [7, 11) is 2.05. The first-order chi connectivity index (χ1) is 11.5. The van der Waals surface area contributed by atoms with Gasteiger partial charge in [0.25, 0.3) is 0 Å². The first-order valence-electron chi connectivity index (χ1n) is 8.55. The number of fused-ring (bicyclic) bond motifs is 1. The Labute approximate surface area is 142 Å². The van der Waals surface area contributed by atoms with E-state index in [9.17, 15) is 5.11 Å². The van der Waals surface area contributed by atoms with Crippen LogP contribution >= 0.6 is 0 Å². The highest BCUT2D eigenvalue weighted by Gasteiger charge is 2.21. The number of anilines is 1. The van der Waals surface area contributed by atoms with Gasteiger partial charge in [-0.15, -0.1) is 15.3 Å². The molecule has 0 radical (unpaired) electrons. The van der Waals surface area contributed by atoms with Crippen molar-refractivity contribution >= 4 is 11.5 Å². The van der Waals surface area contributed by atoms with Gasteiger partial charge in [0, 0.05) is 45.3 Å². The fourth-order valence-corrected chi connectivity index (χ4v) is 2.95. The lowest BCUT2D eigenvalue weighted by Crippen LogP contribution is -2.50. The van der Waals surface area contributed by atoms with Crippen molar-refractivity contribution in [3.8, 4) is 0 Å². The predicted octanol–water partition coefficient (Wildman–Crippen LogP) is -0.0526. The Balaban J connectivity index is 1.50. The first-order valence-corrected chi connectivity index (χ1v) is 8.55. The molecule has 8 nitrogen and oxygen atoms in total. The average Bonchev–Trinajstić information content (AvgIpc) is 3.02. The van der Waals surface area contributed by atoms with Gasteiger partial charge in [-0.2, -0.15) is 4.52 Å². The fraction of sp³-hybridized carbons (Fsp3) is 0.688. The Morgan fingerprint density at radius 2 is 1.96 bits per heavy atom. The average molecular weight is 333 g/mol. The molecule has 0 spiro atoms. The third-order valence-electron chi connectivity index (χ3n) is 4.69. The Hall–Kier alpha value is -1.77. The predicted molar refractivity (Wildman–Crippen MR) is 93.2 cm³/mol. The third kappa shape index (κ3) is 4.00. The highest BCUT2D eigenvalue weighted by molar-refractivity contribution is 5.45. The van der Waals surface area contributed by atoms with Crippen LogP contribution in [0.4, 0.5) is 5.82 Å². The monoisotopic (exact) mass is 333 g/mol. The minimum atomic E-state index is -0.310. The Bertz CT molecular complexity index is 651. The van der Waals surface area contributed by atoms with Crippen molar-refractivity contribution in [1.82, 2.24) is 29.6 Å². The van der Waals surface area contributed by atoms with Crippen molar-refractivity contribution in [3.05, 3.63) is 18.5 Å². The number of hydrogen-bond donors (Lipinski definition) is 1. The Morgan fingerprint density at radius 3 is 2.67 bits per heavy atom. The Kier molecular flexibility index (Phi) is 5.27. The molecule has 1 atom stereocenters. The number of aliphatic hydroxyl groups is 1. The van der Waals surface area contributed by atoms with Crippen LogP contribution in [0.25, 0.3) is 5.65 Å². The zero-order valence-corrected chi connectivity index (χ0v) is 14.7. The van der Waals surface area contributed by atoms with Crippen LogP contribution in [0.2, 0.25) is 0 Å². The van der Waals surface area contributed by atoms with Crippen molar-refractivity contribution in [1.29, 1.82) is 0 Å². The van der Waals surface area contributed by atoms with Crippen molar-refractivity contribution < 1.29 is 5.11 Å². The van der Waals surface area contributed by atoms with Crippen LogP contribution in [-0.2, 0) is 0 Å². The smallest absolute Gasteiger partial charge is 0.177 e. The Morgan fingerprint density at radius 1 is 1.21 bits per heavy atom. The standard InChI is InChI=1S/C16H27N7O/c1-13(2)20(3)10-14(24)11-21-6-8-22(9-7-21)16-5-4-15-18-17-12-23(15)19-16/h4-5,12-14,24H,6-11H2,1-3H3. The maximum absolute atomic E-state index is 10.3. The van der Waals surface area contributed by atoms with Crippen molar-refractivity contribution in [2.24, 2.45) is 0 Å². The molecule has 3 rings (SSSR count). The molecular formula is C16H27N7O. The van der Waals surface area contributed by atoms with E-state index in [-0.39, 0.29) is 6.10 Å². The van der Waals surface area contributed by atoms with E-state index in [2.05, 4.69) is 50.9 Å². The molecule has 2 aromatic heterocycles. The van der Waals surface area contributed by atoms with Gasteiger partial charge in [-0.1, -0.05) is 0 Å². The molecule has 0 aromatic carbocycles. The SMILES string of the molecule is CC(C)N(C)CC(O)CN1CCN(c2ccc3nncn3n2)CC1. The maximum Gasteiger partial charge on any atom is 0.177 e. The van der Waals surface area contributed by atoms with E-state index in [0.29, 0.717) is 12.6 Å². The van der Waals surface area contributed by atoms with E-state index in [0.717, 1.165) is 44.2 Å². The van der Waals surface area contributed by atoms with Crippen LogP contribution in [0.1, 0.15) is 13.8 Å². The minimum Gasteiger partial charge on any atom is -0.390 e. The molecule has 2 aromatic rings. The van der Waals surface area contributed by atoms with Crippen molar-refractivity contribution in [2.45, 2.75) is 26.0 Å². The first kappa shape index (κ1) is 17.1. The van der Waals surface area contributed by atoms with Gasteiger partial charge in [-0.3, -0.25) is 4.90 Å². The molecule has 1 aliphatic rings. The van der Waals surface area contributed by atoms with Gasteiger partial charge >= 0.3 is 0 Å². The number of piperazine rings is 1.